The largest absolute Gasteiger partial charge is 0.466 e. The molecule has 0 aromatic heterocycles. The smallest absolute Gasteiger partial charge is 0.333 e. The minimum Gasteiger partial charge on any atom is -0.466 e. The molecule has 1 aliphatic rings. The van der Waals surface area contributed by atoms with Gasteiger partial charge in [0.25, 0.3) is 0 Å². The summed E-state index contributed by atoms with van der Waals surface area (Å²) >= 11 is 0. The summed E-state index contributed by atoms with van der Waals surface area (Å²) in [6, 6.07) is 0. The lowest BCUT2D eigenvalue weighted by Crippen LogP contribution is -2.42. The zero-order chi connectivity index (χ0) is 13.9. The molecule has 1 atom stereocenters. The Morgan fingerprint density at radius 2 is 1.89 bits per heavy atom. The van der Waals surface area contributed by atoms with Gasteiger partial charge in [-0.25, -0.2) is 4.79 Å². The Morgan fingerprint density at radius 3 is 2.33 bits per heavy atom. The predicted octanol–water partition coefficient (Wildman–Crippen LogP) is 2.48. The van der Waals surface area contributed by atoms with Crippen molar-refractivity contribution in [3.63, 3.8) is 0 Å². The van der Waals surface area contributed by atoms with E-state index in [1.54, 1.807) is 13.8 Å². The van der Waals surface area contributed by atoms with Crippen LogP contribution in [-0.4, -0.2) is 25.2 Å². The van der Waals surface area contributed by atoms with Crippen molar-refractivity contribution in [1.29, 1.82) is 0 Å². The number of carbonyl (C=O) groups is 2. The molecule has 0 N–H and O–H groups in total. The molecule has 0 radical (unpaired) electrons. The molecule has 1 saturated carbocycles. The van der Waals surface area contributed by atoms with Crippen LogP contribution in [-0.2, 0) is 19.1 Å². The number of hydrogen-bond donors (Lipinski definition) is 0. The van der Waals surface area contributed by atoms with Crippen molar-refractivity contribution >= 4 is 11.9 Å². The van der Waals surface area contributed by atoms with E-state index < -0.39 is 0 Å². The second kappa shape index (κ2) is 5.55. The SMILES string of the molecule is CCOC(=O)C(C)=C1CC(COC(C)=O)C1(C)C. The molecule has 1 unspecified atom stereocenters. The van der Waals surface area contributed by atoms with E-state index in [0.29, 0.717) is 18.8 Å². The van der Waals surface area contributed by atoms with Crippen LogP contribution in [0.1, 0.15) is 41.0 Å². The van der Waals surface area contributed by atoms with Gasteiger partial charge >= 0.3 is 11.9 Å². The predicted molar refractivity (Wildman–Crippen MR) is 67.9 cm³/mol. The van der Waals surface area contributed by atoms with Crippen LogP contribution < -0.4 is 0 Å². The fourth-order valence-electron chi connectivity index (χ4n) is 2.36. The molecule has 0 aromatic rings. The second-order valence-corrected chi connectivity index (χ2v) is 5.25. The van der Waals surface area contributed by atoms with Crippen LogP contribution in [0.25, 0.3) is 0 Å². The molecular formula is C14H22O4. The molecule has 0 amide bonds. The second-order valence-electron chi connectivity index (χ2n) is 5.25. The fourth-order valence-corrected chi connectivity index (χ4v) is 2.36. The number of hydrogen-bond acceptors (Lipinski definition) is 4. The fraction of sp³-hybridized carbons (Fsp3) is 0.714. The van der Waals surface area contributed by atoms with E-state index in [4.69, 9.17) is 9.47 Å². The van der Waals surface area contributed by atoms with Crippen molar-refractivity contribution < 1.29 is 19.1 Å². The van der Waals surface area contributed by atoms with E-state index >= 15 is 0 Å². The third kappa shape index (κ3) is 2.92. The van der Waals surface area contributed by atoms with Crippen LogP contribution >= 0.6 is 0 Å². The zero-order valence-electron chi connectivity index (χ0n) is 11.8. The van der Waals surface area contributed by atoms with Crippen LogP contribution in [0.5, 0.6) is 0 Å². The quantitative estimate of drug-likeness (QED) is 0.571. The summed E-state index contributed by atoms with van der Waals surface area (Å²) in [4.78, 5) is 22.5. The van der Waals surface area contributed by atoms with Gasteiger partial charge in [0, 0.05) is 18.4 Å². The average molecular weight is 254 g/mol. The first-order valence-electron chi connectivity index (χ1n) is 6.31. The monoisotopic (exact) mass is 254 g/mol. The Balaban J connectivity index is 2.70. The highest BCUT2D eigenvalue weighted by molar-refractivity contribution is 5.89. The lowest BCUT2D eigenvalue weighted by atomic mass is 9.57. The lowest BCUT2D eigenvalue weighted by molar-refractivity contribution is -0.145. The normalized spacial score (nSPS) is 23.9. The summed E-state index contributed by atoms with van der Waals surface area (Å²) in [5.41, 5.74) is 1.70. The van der Waals surface area contributed by atoms with E-state index in [1.165, 1.54) is 6.92 Å². The highest BCUT2D eigenvalue weighted by Crippen LogP contribution is 2.52. The highest BCUT2D eigenvalue weighted by atomic mass is 16.5. The van der Waals surface area contributed by atoms with Crippen molar-refractivity contribution in [2.24, 2.45) is 11.3 Å². The summed E-state index contributed by atoms with van der Waals surface area (Å²) in [5, 5.41) is 0. The van der Waals surface area contributed by atoms with Gasteiger partial charge in [-0.05, 0) is 25.7 Å². The summed E-state index contributed by atoms with van der Waals surface area (Å²) in [7, 11) is 0. The number of carbonyl (C=O) groups excluding carboxylic acids is 2. The van der Waals surface area contributed by atoms with Crippen LogP contribution in [0.3, 0.4) is 0 Å². The van der Waals surface area contributed by atoms with Crippen molar-refractivity contribution in [2.75, 3.05) is 13.2 Å². The summed E-state index contributed by atoms with van der Waals surface area (Å²) in [6.07, 6.45) is 0.797. The van der Waals surface area contributed by atoms with Gasteiger partial charge in [-0.3, -0.25) is 4.79 Å². The van der Waals surface area contributed by atoms with Crippen molar-refractivity contribution in [3.05, 3.63) is 11.1 Å². The van der Waals surface area contributed by atoms with Crippen LogP contribution in [0, 0.1) is 11.3 Å². The van der Waals surface area contributed by atoms with Gasteiger partial charge in [0.2, 0.25) is 0 Å². The first kappa shape index (κ1) is 14.7. The highest BCUT2D eigenvalue weighted by Gasteiger charge is 2.45. The van der Waals surface area contributed by atoms with Crippen molar-refractivity contribution in [1.82, 2.24) is 0 Å². The standard InChI is InChI=1S/C14H22O4/c1-6-17-13(16)9(2)12-7-11(14(12,4)5)8-18-10(3)15/h11H,6-8H2,1-5H3. The molecule has 0 spiro atoms. The van der Waals surface area contributed by atoms with Gasteiger partial charge in [0.1, 0.15) is 0 Å². The Hall–Kier alpha value is -1.32. The van der Waals surface area contributed by atoms with Gasteiger partial charge in [-0.15, -0.1) is 0 Å². The molecule has 1 aliphatic carbocycles. The Labute approximate surface area is 108 Å². The number of allylic oxidation sites excluding steroid dienone is 1. The molecule has 1 fully saturated rings. The number of ether oxygens (including phenoxy) is 2. The maximum absolute atomic E-state index is 11.7. The van der Waals surface area contributed by atoms with Gasteiger partial charge in [0.05, 0.1) is 13.2 Å². The summed E-state index contributed by atoms with van der Waals surface area (Å²) in [5.74, 6) is -0.224. The van der Waals surface area contributed by atoms with Crippen molar-refractivity contribution in [2.45, 2.75) is 41.0 Å². The van der Waals surface area contributed by atoms with Crippen LogP contribution in [0.15, 0.2) is 11.1 Å². The van der Waals surface area contributed by atoms with Gasteiger partial charge < -0.3 is 9.47 Å². The number of esters is 2. The molecule has 0 aromatic carbocycles. The van der Waals surface area contributed by atoms with Gasteiger partial charge in [0.15, 0.2) is 0 Å². The van der Waals surface area contributed by atoms with Gasteiger partial charge in [-0.1, -0.05) is 19.4 Å². The Kier molecular flexibility index (Phi) is 4.54. The number of rotatable bonds is 4. The van der Waals surface area contributed by atoms with Crippen LogP contribution in [0.4, 0.5) is 0 Å². The molecule has 4 nitrogen and oxygen atoms in total. The zero-order valence-corrected chi connectivity index (χ0v) is 11.8. The summed E-state index contributed by atoms with van der Waals surface area (Å²) in [6.45, 7) is 9.96. The molecule has 1 rings (SSSR count). The first-order valence-corrected chi connectivity index (χ1v) is 6.31. The van der Waals surface area contributed by atoms with E-state index in [1.807, 2.05) is 0 Å². The molecule has 0 aliphatic heterocycles. The maximum atomic E-state index is 11.7. The third-order valence-corrected chi connectivity index (χ3v) is 3.77. The minimum atomic E-state index is -0.259. The topological polar surface area (TPSA) is 52.6 Å². The molecule has 0 heterocycles. The van der Waals surface area contributed by atoms with Crippen LogP contribution in [0.2, 0.25) is 0 Å². The third-order valence-electron chi connectivity index (χ3n) is 3.77. The molecule has 102 valence electrons. The summed E-state index contributed by atoms with van der Waals surface area (Å²) < 4.78 is 10.0. The Morgan fingerprint density at radius 1 is 1.28 bits per heavy atom. The lowest BCUT2D eigenvalue weighted by Gasteiger charge is -2.47. The van der Waals surface area contributed by atoms with E-state index in [2.05, 4.69) is 13.8 Å². The average Bonchev–Trinajstić information content (AvgIpc) is 2.27. The maximum Gasteiger partial charge on any atom is 0.333 e. The van der Waals surface area contributed by atoms with Gasteiger partial charge in [-0.2, -0.15) is 0 Å². The molecule has 4 heteroatoms. The van der Waals surface area contributed by atoms with Crippen molar-refractivity contribution in [3.8, 4) is 0 Å². The Bertz CT molecular complexity index is 379. The minimum absolute atomic E-state index is 0.105. The van der Waals surface area contributed by atoms with E-state index in [0.717, 1.165) is 12.0 Å². The molecule has 0 bridgehead atoms. The first-order chi connectivity index (χ1) is 8.30. The van der Waals surface area contributed by atoms with E-state index in [9.17, 15) is 9.59 Å². The van der Waals surface area contributed by atoms with E-state index in [-0.39, 0.29) is 23.3 Å². The molecule has 0 saturated heterocycles. The molecular weight excluding hydrogens is 232 g/mol. The molecule has 18 heavy (non-hydrogen) atoms.